The highest BCUT2D eigenvalue weighted by Crippen LogP contribution is 2.34. The van der Waals surface area contributed by atoms with Crippen LogP contribution in [0.25, 0.3) is 0 Å². The Bertz CT molecular complexity index is 1510. The highest BCUT2D eigenvalue weighted by atomic mass is 32.2. The molecule has 0 unspecified atom stereocenters. The summed E-state index contributed by atoms with van der Waals surface area (Å²) < 4.78 is 69.2. The van der Waals surface area contributed by atoms with E-state index in [0.717, 1.165) is 5.56 Å². The number of methoxy groups -OCH3 is 2. The van der Waals surface area contributed by atoms with E-state index in [2.05, 4.69) is 4.98 Å². The normalized spacial score (nSPS) is 11.3. The molecule has 0 aliphatic rings. The number of hydrogen-bond donors (Lipinski definition) is 0. The Morgan fingerprint density at radius 1 is 0.868 bits per heavy atom. The van der Waals surface area contributed by atoms with E-state index in [1.54, 1.807) is 30.5 Å². The number of anilines is 1. The van der Waals surface area contributed by atoms with E-state index < -0.39 is 21.7 Å². The van der Waals surface area contributed by atoms with E-state index >= 15 is 0 Å². The van der Waals surface area contributed by atoms with Gasteiger partial charge < -0.3 is 9.47 Å². The minimum atomic E-state index is -4.15. The van der Waals surface area contributed by atoms with E-state index in [4.69, 9.17) is 9.47 Å². The Hall–Kier alpha value is -3.98. The van der Waals surface area contributed by atoms with Crippen LogP contribution in [0.1, 0.15) is 22.4 Å². The summed E-state index contributed by atoms with van der Waals surface area (Å²) in [6.45, 7) is 1.88. The Morgan fingerprint density at radius 2 is 1.61 bits per heavy atom. The zero-order valence-corrected chi connectivity index (χ0v) is 22.1. The van der Waals surface area contributed by atoms with Crippen LogP contribution in [0.5, 0.6) is 11.5 Å². The smallest absolute Gasteiger partial charge is 0.264 e. The van der Waals surface area contributed by atoms with E-state index in [1.165, 1.54) is 54.9 Å². The van der Waals surface area contributed by atoms with Crippen molar-refractivity contribution < 1.29 is 26.7 Å². The molecule has 9 heteroatoms. The van der Waals surface area contributed by atoms with Gasteiger partial charge in [0, 0.05) is 42.9 Å². The Balaban J connectivity index is 1.84. The second-order valence-corrected chi connectivity index (χ2v) is 10.5. The van der Waals surface area contributed by atoms with Crippen LogP contribution in [0.3, 0.4) is 0 Å². The minimum absolute atomic E-state index is 0.0141. The summed E-state index contributed by atoms with van der Waals surface area (Å²) >= 11 is 0. The third-order valence-electron chi connectivity index (χ3n) is 6.17. The van der Waals surface area contributed by atoms with Crippen LogP contribution >= 0.6 is 0 Å². The van der Waals surface area contributed by atoms with Crippen LogP contribution in [-0.2, 0) is 22.9 Å². The van der Waals surface area contributed by atoms with Gasteiger partial charge in [-0.05, 0) is 55.0 Å². The highest BCUT2D eigenvalue weighted by Gasteiger charge is 2.28. The SMILES string of the molecule is COc1ccc(S(=O)(=O)N(CCc2ccccn2)c2ccc(C)cc2Cc2c(F)cccc2F)cc1OC. The first-order valence-electron chi connectivity index (χ1n) is 11.9. The number of benzene rings is 3. The van der Waals surface area contributed by atoms with E-state index in [-0.39, 0.29) is 29.2 Å². The lowest BCUT2D eigenvalue weighted by Crippen LogP contribution is -2.34. The molecular weight excluding hydrogens is 510 g/mol. The number of aryl methyl sites for hydroxylation is 1. The first kappa shape index (κ1) is 27.1. The molecule has 0 bridgehead atoms. The van der Waals surface area contributed by atoms with Crippen molar-refractivity contribution in [2.75, 3.05) is 25.1 Å². The van der Waals surface area contributed by atoms with Gasteiger partial charge in [0.2, 0.25) is 0 Å². The van der Waals surface area contributed by atoms with Gasteiger partial charge in [-0.1, -0.05) is 29.8 Å². The zero-order valence-electron chi connectivity index (χ0n) is 21.3. The molecule has 0 aliphatic heterocycles. The third-order valence-corrected chi connectivity index (χ3v) is 7.98. The summed E-state index contributed by atoms with van der Waals surface area (Å²) in [5.74, 6) is -0.742. The molecule has 0 fully saturated rings. The number of nitrogens with zero attached hydrogens (tertiary/aromatic N) is 2. The highest BCUT2D eigenvalue weighted by molar-refractivity contribution is 7.92. The van der Waals surface area contributed by atoms with Crippen molar-refractivity contribution in [1.82, 2.24) is 4.98 Å². The average molecular weight is 539 g/mol. The second kappa shape index (κ2) is 11.6. The summed E-state index contributed by atoms with van der Waals surface area (Å²) in [5, 5.41) is 0. The molecule has 3 aromatic carbocycles. The van der Waals surface area contributed by atoms with Gasteiger partial charge in [0.1, 0.15) is 11.6 Å². The summed E-state index contributed by atoms with van der Waals surface area (Å²) in [4.78, 5) is 4.31. The minimum Gasteiger partial charge on any atom is -0.493 e. The molecule has 0 saturated heterocycles. The predicted molar refractivity (Wildman–Crippen MR) is 142 cm³/mol. The van der Waals surface area contributed by atoms with Gasteiger partial charge in [-0.3, -0.25) is 9.29 Å². The Morgan fingerprint density at radius 3 is 2.26 bits per heavy atom. The van der Waals surface area contributed by atoms with Gasteiger partial charge in [-0.15, -0.1) is 0 Å². The summed E-state index contributed by atoms with van der Waals surface area (Å²) in [7, 11) is -1.26. The van der Waals surface area contributed by atoms with Gasteiger partial charge in [0.15, 0.2) is 11.5 Å². The van der Waals surface area contributed by atoms with Crippen LogP contribution < -0.4 is 13.8 Å². The standard InChI is InChI=1S/C29H28F2N2O4S/c1-20-10-12-27(21(17-20)18-24-25(30)8-6-9-26(24)31)33(16-14-22-7-4-5-15-32-22)38(34,35)23-11-13-28(36-2)29(19-23)37-3/h4-13,15,17,19H,14,16,18H2,1-3H3. The molecule has 0 radical (unpaired) electrons. The number of aromatic nitrogens is 1. The number of halogens is 2. The fraction of sp³-hybridized carbons (Fsp3) is 0.207. The van der Waals surface area contributed by atoms with E-state index in [0.29, 0.717) is 29.1 Å². The quantitative estimate of drug-likeness (QED) is 0.259. The maximum atomic E-state index is 14.6. The maximum Gasteiger partial charge on any atom is 0.264 e. The van der Waals surface area contributed by atoms with Gasteiger partial charge in [-0.25, -0.2) is 17.2 Å². The third kappa shape index (κ3) is 5.78. The van der Waals surface area contributed by atoms with Crippen molar-refractivity contribution in [2.45, 2.75) is 24.7 Å². The van der Waals surface area contributed by atoms with Gasteiger partial charge in [0.05, 0.1) is 24.8 Å². The number of ether oxygens (including phenoxy) is 2. The molecule has 0 spiro atoms. The van der Waals surface area contributed by atoms with Crippen LogP contribution in [-0.4, -0.2) is 34.2 Å². The summed E-state index contributed by atoms with van der Waals surface area (Å²) in [6, 6.07) is 18.6. The van der Waals surface area contributed by atoms with E-state index in [9.17, 15) is 17.2 Å². The summed E-state index contributed by atoms with van der Waals surface area (Å²) in [6.07, 6.45) is 1.83. The number of sulfonamides is 1. The topological polar surface area (TPSA) is 68.7 Å². The molecule has 1 heterocycles. The van der Waals surface area contributed by atoms with Crippen LogP contribution in [0, 0.1) is 18.6 Å². The fourth-order valence-electron chi connectivity index (χ4n) is 4.23. The number of rotatable bonds is 10. The van der Waals surface area contributed by atoms with Crippen LogP contribution in [0.2, 0.25) is 0 Å². The summed E-state index contributed by atoms with van der Waals surface area (Å²) in [5.41, 5.74) is 2.19. The first-order chi connectivity index (χ1) is 18.2. The first-order valence-corrected chi connectivity index (χ1v) is 13.4. The van der Waals surface area contributed by atoms with Gasteiger partial charge in [-0.2, -0.15) is 0 Å². The average Bonchev–Trinajstić information content (AvgIpc) is 2.92. The number of pyridine rings is 1. The molecule has 6 nitrogen and oxygen atoms in total. The van der Waals surface area contributed by atoms with Crippen LogP contribution in [0.15, 0.2) is 83.9 Å². The van der Waals surface area contributed by atoms with Crippen LogP contribution in [0.4, 0.5) is 14.5 Å². The zero-order chi connectivity index (χ0) is 27.3. The van der Waals surface area contributed by atoms with E-state index in [1.807, 2.05) is 19.1 Å². The largest absolute Gasteiger partial charge is 0.493 e. The Labute approximate surface area is 221 Å². The lowest BCUT2D eigenvalue weighted by Gasteiger charge is -2.27. The molecule has 4 aromatic rings. The van der Waals surface area contributed by atoms with Gasteiger partial charge >= 0.3 is 0 Å². The monoisotopic (exact) mass is 538 g/mol. The van der Waals surface area contributed by atoms with Crippen molar-refractivity contribution in [3.63, 3.8) is 0 Å². The van der Waals surface area contributed by atoms with Crippen molar-refractivity contribution in [1.29, 1.82) is 0 Å². The lowest BCUT2D eigenvalue weighted by molar-refractivity contribution is 0.354. The Kier molecular flexibility index (Phi) is 8.26. The molecular formula is C29H28F2N2O4S. The van der Waals surface area contributed by atoms with Crippen molar-refractivity contribution in [3.05, 3.63) is 113 Å². The fourth-order valence-corrected chi connectivity index (χ4v) is 5.75. The molecule has 38 heavy (non-hydrogen) atoms. The molecule has 0 atom stereocenters. The molecule has 1 aromatic heterocycles. The van der Waals surface area contributed by atoms with Gasteiger partial charge in [0.25, 0.3) is 10.0 Å². The number of hydrogen-bond acceptors (Lipinski definition) is 5. The lowest BCUT2D eigenvalue weighted by atomic mass is 10.00. The van der Waals surface area contributed by atoms with Crippen molar-refractivity contribution in [3.8, 4) is 11.5 Å². The van der Waals surface area contributed by atoms with Crippen molar-refractivity contribution >= 4 is 15.7 Å². The second-order valence-electron chi connectivity index (χ2n) is 8.67. The van der Waals surface area contributed by atoms with Crippen molar-refractivity contribution in [2.24, 2.45) is 0 Å². The molecule has 0 saturated carbocycles. The molecule has 4 rings (SSSR count). The predicted octanol–water partition coefficient (Wildman–Crippen LogP) is 5.71. The molecule has 0 amide bonds. The molecule has 0 aliphatic carbocycles. The molecule has 198 valence electrons. The maximum absolute atomic E-state index is 14.6. The molecule has 0 N–H and O–H groups in total.